The SMILES string of the molecule is [Sn][c]1cnco1. The molecule has 0 N–H and O–H groups in total. The summed E-state index contributed by atoms with van der Waals surface area (Å²) in [6.45, 7) is 0. The average molecular weight is 187 g/mol. The van der Waals surface area contributed by atoms with Gasteiger partial charge in [0.1, 0.15) is 0 Å². The Morgan fingerprint density at radius 1 is 1.83 bits per heavy atom. The molecule has 1 rings (SSSR count). The molecule has 0 aliphatic rings. The van der Waals surface area contributed by atoms with Crippen LogP contribution in [0.25, 0.3) is 0 Å². The molecule has 2 nitrogen and oxygen atoms in total. The van der Waals surface area contributed by atoms with Crippen molar-refractivity contribution in [1.29, 1.82) is 0 Å². The minimum absolute atomic E-state index is 0.946. The number of hydrogen-bond donors (Lipinski definition) is 0. The van der Waals surface area contributed by atoms with Crippen LogP contribution in [0.1, 0.15) is 0 Å². The third-order valence-electron chi connectivity index (χ3n) is 0.432. The van der Waals surface area contributed by atoms with E-state index < -0.39 is 0 Å². The van der Waals surface area contributed by atoms with Crippen molar-refractivity contribution in [2.45, 2.75) is 0 Å². The first-order valence-corrected chi connectivity index (χ1v) is 2.92. The summed E-state index contributed by atoms with van der Waals surface area (Å²) in [7, 11) is 0. The quantitative estimate of drug-likeness (QED) is 0.510. The number of rotatable bonds is 0. The molecule has 0 aliphatic heterocycles. The van der Waals surface area contributed by atoms with Gasteiger partial charge in [0.2, 0.25) is 0 Å². The fourth-order valence-corrected chi connectivity index (χ4v) is 0.579. The number of aromatic nitrogens is 1. The molecule has 0 unspecified atom stereocenters. The molecule has 3 radical (unpaired) electrons. The molecular formula is C3H2NOSn. The maximum absolute atomic E-state index is 4.76. The van der Waals surface area contributed by atoms with Crippen LogP contribution in [0, 0.1) is 0 Å². The normalized spacial score (nSPS) is 8.83. The summed E-state index contributed by atoms with van der Waals surface area (Å²) in [6.07, 6.45) is 3.14. The monoisotopic (exact) mass is 188 g/mol. The van der Waals surface area contributed by atoms with Crippen molar-refractivity contribution in [3.8, 4) is 0 Å². The van der Waals surface area contributed by atoms with E-state index >= 15 is 0 Å². The maximum atomic E-state index is 4.76. The topological polar surface area (TPSA) is 26.0 Å². The molecule has 0 fully saturated rings. The summed E-state index contributed by atoms with van der Waals surface area (Å²) in [6, 6.07) is 0. The fourth-order valence-electron chi connectivity index (χ4n) is 0.216. The summed E-state index contributed by atoms with van der Waals surface area (Å²) >= 11 is 1.28. The number of nitrogens with zero attached hydrogens (tertiary/aromatic N) is 1. The van der Waals surface area contributed by atoms with E-state index in [9.17, 15) is 0 Å². The van der Waals surface area contributed by atoms with E-state index in [1.165, 1.54) is 28.9 Å². The predicted molar refractivity (Wildman–Crippen MR) is 21.9 cm³/mol. The molecule has 0 bridgehead atoms. The van der Waals surface area contributed by atoms with Crippen LogP contribution in [-0.2, 0) is 0 Å². The Labute approximate surface area is 48.7 Å². The summed E-state index contributed by atoms with van der Waals surface area (Å²) in [5.41, 5.74) is 0. The van der Waals surface area contributed by atoms with E-state index in [0.717, 1.165) is 3.78 Å². The zero-order valence-corrected chi connectivity index (χ0v) is 5.86. The molecule has 0 saturated carbocycles. The van der Waals surface area contributed by atoms with Crippen LogP contribution in [0.15, 0.2) is 17.0 Å². The molecule has 6 heavy (non-hydrogen) atoms. The van der Waals surface area contributed by atoms with Crippen LogP contribution >= 0.6 is 0 Å². The summed E-state index contributed by atoms with van der Waals surface area (Å²) in [5.74, 6) is 0. The van der Waals surface area contributed by atoms with Gasteiger partial charge >= 0.3 is 48.3 Å². The van der Waals surface area contributed by atoms with E-state index in [2.05, 4.69) is 4.98 Å². The number of hydrogen-bond acceptors (Lipinski definition) is 2. The molecule has 1 aromatic rings. The Hall–Kier alpha value is 0.00870. The van der Waals surface area contributed by atoms with Crippen LogP contribution in [0.4, 0.5) is 0 Å². The molecule has 0 spiro atoms. The molecule has 1 aromatic heterocycles. The first-order chi connectivity index (χ1) is 2.89. The molecule has 29 valence electrons. The Morgan fingerprint density at radius 2 is 2.67 bits per heavy atom. The van der Waals surface area contributed by atoms with Gasteiger partial charge in [-0.15, -0.1) is 0 Å². The molecule has 0 atom stereocenters. The van der Waals surface area contributed by atoms with Crippen LogP contribution in [-0.4, -0.2) is 27.5 Å². The van der Waals surface area contributed by atoms with Gasteiger partial charge in [0, 0.05) is 0 Å². The van der Waals surface area contributed by atoms with E-state index in [1.807, 2.05) is 0 Å². The summed E-state index contributed by atoms with van der Waals surface area (Å²) < 4.78 is 5.71. The van der Waals surface area contributed by atoms with Crippen LogP contribution in [0.5, 0.6) is 0 Å². The zero-order chi connectivity index (χ0) is 4.41. The Morgan fingerprint density at radius 3 is 2.83 bits per heavy atom. The Bertz CT molecular complexity index is 114. The second-order valence-electron chi connectivity index (χ2n) is 0.866. The zero-order valence-electron chi connectivity index (χ0n) is 3.01. The molecule has 3 heteroatoms. The molecule has 1 heterocycles. The van der Waals surface area contributed by atoms with Crippen molar-refractivity contribution in [1.82, 2.24) is 4.98 Å². The second-order valence-corrected chi connectivity index (χ2v) is 2.27. The number of oxazole rings is 1. The average Bonchev–Trinajstić information content (AvgIpc) is 1.86. The fraction of sp³-hybridized carbons (Fsp3) is 0. The van der Waals surface area contributed by atoms with Crippen molar-refractivity contribution < 1.29 is 4.42 Å². The van der Waals surface area contributed by atoms with Crippen molar-refractivity contribution >= 4 is 26.3 Å². The van der Waals surface area contributed by atoms with E-state index in [4.69, 9.17) is 4.42 Å². The van der Waals surface area contributed by atoms with Crippen molar-refractivity contribution in [3.05, 3.63) is 12.6 Å². The first-order valence-electron chi connectivity index (χ1n) is 1.49. The molecule has 0 aliphatic carbocycles. The van der Waals surface area contributed by atoms with Crippen molar-refractivity contribution in [2.75, 3.05) is 0 Å². The van der Waals surface area contributed by atoms with Crippen LogP contribution in [0.3, 0.4) is 0 Å². The second kappa shape index (κ2) is 1.64. The first kappa shape index (κ1) is 4.18. The van der Waals surface area contributed by atoms with Gasteiger partial charge in [-0.3, -0.25) is 0 Å². The third kappa shape index (κ3) is 0.739. The molecule has 0 saturated heterocycles. The van der Waals surface area contributed by atoms with Gasteiger partial charge in [-0.05, 0) is 0 Å². The van der Waals surface area contributed by atoms with Gasteiger partial charge in [-0.1, -0.05) is 0 Å². The van der Waals surface area contributed by atoms with Gasteiger partial charge in [-0.25, -0.2) is 0 Å². The predicted octanol–water partition coefficient (Wildman–Crippen LogP) is -0.532. The van der Waals surface area contributed by atoms with Gasteiger partial charge in [0.15, 0.2) is 0 Å². The van der Waals surface area contributed by atoms with Gasteiger partial charge in [0.05, 0.1) is 0 Å². The van der Waals surface area contributed by atoms with Gasteiger partial charge < -0.3 is 0 Å². The Balaban J connectivity index is 3.05. The van der Waals surface area contributed by atoms with Gasteiger partial charge in [-0.2, -0.15) is 0 Å². The van der Waals surface area contributed by atoms with Gasteiger partial charge in [0.25, 0.3) is 0 Å². The van der Waals surface area contributed by atoms with Crippen LogP contribution in [0.2, 0.25) is 0 Å². The third-order valence-corrected chi connectivity index (χ3v) is 1.14. The van der Waals surface area contributed by atoms with Crippen molar-refractivity contribution in [2.24, 2.45) is 0 Å². The van der Waals surface area contributed by atoms with E-state index in [-0.39, 0.29) is 0 Å². The van der Waals surface area contributed by atoms with Crippen molar-refractivity contribution in [3.63, 3.8) is 0 Å². The summed E-state index contributed by atoms with van der Waals surface area (Å²) in [4.78, 5) is 3.68. The van der Waals surface area contributed by atoms with Crippen LogP contribution < -0.4 is 3.78 Å². The molecular weight excluding hydrogens is 185 g/mol. The summed E-state index contributed by atoms with van der Waals surface area (Å²) in [5, 5.41) is 0. The molecule has 0 amide bonds. The molecule has 0 aromatic carbocycles. The van der Waals surface area contributed by atoms with E-state index in [0.29, 0.717) is 0 Å². The standard InChI is InChI=1S/C3H2NO.Sn/c1-2-5-3-4-1;/h1,3H;. The van der Waals surface area contributed by atoms with E-state index in [1.54, 1.807) is 6.20 Å². The Kier molecular flexibility index (Phi) is 1.14. The minimum atomic E-state index is 0.946.